The minimum absolute atomic E-state index is 1.02. The second-order valence-electron chi connectivity index (χ2n) is 3.65. The van der Waals surface area contributed by atoms with Gasteiger partial charge in [-0.25, -0.2) is 0 Å². The van der Waals surface area contributed by atoms with Crippen LogP contribution >= 0.6 is 31.9 Å². The zero-order valence-electron chi connectivity index (χ0n) is 8.24. The number of nitrogens with zero attached hydrogens (tertiary/aromatic N) is 1. The van der Waals surface area contributed by atoms with Gasteiger partial charge in [0, 0.05) is 25.9 Å². The molecule has 16 heavy (non-hydrogen) atoms. The molecule has 1 heterocycles. The van der Waals surface area contributed by atoms with Crippen LogP contribution in [0.25, 0.3) is 21.7 Å². The summed E-state index contributed by atoms with van der Waals surface area (Å²) < 4.78 is 2.14. The van der Waals surface area contributed by atoms with Gasteiger partial charge in [0.15, 0.2) is 0 Å². The number of aromatic nitrogens is 1. The fourth-order valence-corrected chi connectivity index (χ4v) is 2.59. The second kappa shape index (κ2) is 3.82. The van der Waals surface area contributed by atoms with Crippen molar-refractivity contribution >= 4 is 53.5 Å². The van der Waals surface area contributed by atoms with Gasteiger partial charge in [-0.05, 0) is 29.7 Å². The lowest BCUT2D eigenvalue weighted by Gasteiger charge is -2.03. The first kappa shape index (κ1) is 10.2. The van der Waals surface area contributed by atoms with E-state index in [2.05, 4.69) is 61.1 Å². The maximum absolute atomic E-state index is 4.46. The highest BCUT2D eigenvalue weighted by Gasteiger charge is 2.02. The van der Waals surface area contributed by atoms with Crippen molar-refractivity contribution in [2.45, 2.75) is 0 Å². The molecule has 0 unspecified atom stereocenters. The Hall–Kier alpha value is -0.930. The Morgan fingerprint density at radius 1 is 0.812 bits per heavy atom. The standard InChI is InChI=1S/C13H7Br2N/c14-9-1-3-11-8(5-9)7-16-13-6-10(15)2-4-12(11)13/h1-7H. The van der Waals surface area contributed by atoms with Crippen LogP contribution in [0.3, 0.4) is 0 Å². The molecule has 0 aliphatic carbocycles. The van der Waals surface area contributed by atoms with Gasteiger partial charge in [-0.2, -0.15) is 0 Å². The Labute approximate surface area is 110 Å². The number of halogens is 2. The minimum atomic E-state index is 1.02. The van der Waals surface area contributed by atoms with Gasteiger partial charge in [0.25, 0.3) is 0 Å². The molecule has 78 valence electrons. The number of pyridine rings is 1. The van der Waals surface area contributed by atoms with Crippen molar-refractivity contribution in [3.63, 3.8) is 0 Å². The van der Waals surface area contributed by atoms with Crippen LogP contribution < -0.4 is 0 Å². The third kappa shape index (κ3) is 1.64. The molecule has 3 aromatic rings. The Balaban J connectivity index is 2.50. The molecule has 0 spiro atoms. The highest BCUT2D eigenvalue weighted by Crippen LogP contribution is 2.27. The van der Waals surface area contributed by atoms with E-state index in [4.69, 9.17) is 0 Å². The van der Waals surface area contributed by atoms with Gasteiger partial charge in [-0.3, -0.25) is 4.98 Å². The molecular formula is C13H7Br2N. The van der Waals surface area contributed by atoms with Crippen LogP contribution in [-0.2, 0) is 0 Å². The maximum Gasteiger partial charge on any atom is 0.0719 e. The maximum atomic E-state index is 4.46. The van der Waals surface area contributed by atoms with E-state index in [-0.39, 0.29) is 0 Å². The third-order valence-corrected chi connectivity index (χ3v) is 3.59. The molecule has 1 aromatic heterocycles. The first-order valence-electron chi connectivity index (χ1n) is 4.87. The van der Waals surface area contributed by atoms with Gasteiger partial charge >= 0.3 is 0 Å². The van der Waals surface area contributed by atoms with Crippen molar-refractivity contribution < 1.29 is 0 Å². The number of hydrogen-bond donors (Lipinski definition) is 0. The molecule has 0 saturated carbocycles. The Bertz CT molecular complexity index is 631. The quantitative estimate of drug-likeness (QED) is 0.531. The van der Waals surface area contributed by atoms with Crippen LogP contribution in [0.5, 0.6) is 0 Å². The fourth-order valence-electron chi connectivity index (χ4n) is 1.86. The summed E-state index contributed by atoms with van der Waals surface area (Å²) in [5, 5.41) is 3.58. The van der Waals surface area contributed by atoms with Crippen LogP contribution in [0.4, 0.5) is 0 Å². The highest BCUT2D eigenvalue weighted by atomic mass is 79.9. The van der Waals surface area contributed by atoms with E-state index in [0.717, 1.165) is 19.8 Å². The molecule has 0 bridgehead atoms. The summed E-state index contributed by atoms with van der Waals surface area (Å²) in [4.78, 5) is 4.46. The monoisotopic (exact) mass is 335 g/mol. The third-order valence-electron chi connectivity index (χ3n) is 2.61. The average Bonchev–Trinajstić information content (AvgIpc) is 2.28. The van der Waals surface area contributed by atoms with E-state index in [9.17, 15) is 0 Å². The molecule has 0 radical (unpaired) electrons. The molecule has 1 nitrogen and oxygen atoms in total. The van der Waals surface area contributed by atoms with Gasteiger partial charge in [-0.15, -0.1) is 0 Å². The SMILES string of the molecule is Brc1ccc2c(cnc3cc(Br)ccc32)c1. The molecule has 0 N–H and O–H groups in total. The van der Waals surface area contributed by atoms with Crippen molar-refractivity contribution in [2.75, 3.05) is 0 Å². The van der Waals surface area contributed by atoms with Crippen molar-refractivity contribution in [3.05, 3.63) is 51.5 Å². The first-order valence-corrected chi connectivity index (χ1v) is 6.46. The van der Waals surface area contributed by atoms with Gasteiger partial charge in [0.1, 0.15) is 0 Å². The van der Waals surface area contributed by atoms with Crippen LogP contribution in [0.2, 0.25) is 0 Å². The lowest BCUT2D eigenvalue weighted by molar-refractivity contribution is 1.44. The van der Waals surface area contributed by atoms with E-state index in [1.165, 1.54) is 10.8 Å². The largest absolute Gasteiger partial charge is 0.256 e. The first-order chi connectivity index (χ1) is 7.74. The van der Waals surface area contributed by atoms with Gasteiger partial charge in [-0.1, -0.05) is 44.0 Å². The molecule has 0 amide bonds. The van der Waals surface area contributed by atoms with Crippen molar-refractivity contribution in [3.8, 4) is 0 Å². The Morgan fingerprint density at radius 3 is 2.31 bits per heavy atom. The summed E-state index contributed by atoms with van der Waals surface area (Å²) in [6.07, 6.45) is 1.91. The van der Waals surface area contributed by atoms with Crippen molar-refractivity contribution in [1.29, 1.82) is 0 Å². The molecule has 0 atom stereocenters. The van der Waals surface area contributed by atoms with E-state index in [0.29, 0.717) is 0 Å². The number of benzene rings is 2. The molecule has 0 fully saturated rings. The summed E-state index contributed by atoms with van der Waals surface area (Å²) in [5.41, 5.74) is 1.02. The highest BCUT2D eigenvalue weighted by molar-refractivity contribution is 9.10. The molecule has 3 heteroatoms. The van der Waals surface area contributed by atoms with Gasteiger partial charge in [0.2, 0.25) is 0 Å². The van der Waals surface area contributed by atoms with Crippen LogP contribution in [0, 0.1) is 0 Å². The van der Waals surface area contributed by atoms with E-state index < -0.39 is 0 Å². The predicted octanol–water partition coefficient (Wildman–Crippen LogP) is 4.91. The summed E-state index contributed by atoms with van der Waals surface area (Å²) >= 11 is 6.93. The van der Waals surface area contributed by atoms with Gasteiger partial charge < -0.3 is 0 Å². The predicted molar refractivity (Wildman–Crippen MR) is 74.6 cm³/mol. The average molecular weight is 337 g/mol. The normalized spacial score (nSPS) is 11.1. The second-order valence-corrected chi connectivity index (χ2v) is 5.48. The Kier molecular flexibility index (Phi) is 2.45. The summed E-state index contributed by atoms with van der Waals surface area (Å²) in [6, 6.07) is 12.5. The summed E-state index contributed by atoms with van der Waals surface area (Å²) in [6.45, 7) is 0. The van der Waals surface area contributed by atoms with E-state index in [1.54, 1.807) is 0 Å². The van der Waals surface area contributed by atoms with Crippen LogP contribution in [0.1, 0.15) is 0 Å². The van der Waals surface area contributed by atoms with E-state index >= 15 is 0 Å². The number of hydrogen-bond acceptors (Lipinski definition) is 1. The van der Waals surface area contributed by atoms with Gasteiger partial charge in [0.05, 0.1) is 5.52 Å². The summed E-state index contributed by atoms with van der Waals surface area (Å²) in [5.74, 6) is 0. The van der Waals surface area contributed by atoms with Crippen molar-refractivity contribution in [1.82, 2.24) is 4.98 Å². The summed E-state index contributed by atoms with van der Waals surface area (Å²) in [7, 11) is 0. The molecule has 0 saturated heterocycles. The molecule has 3 rings (SSSR count). The molecular weight excluding hydrogens is 330 g/mol. The van der Waals surface area contributed by atoms with Crippen LogP contribution in [0.15, 0.2) is 51.5 Å². The lowest BCUT2D eigenvalue weighted by Crippen LogP contribution is -1.82. The molecule has 0 aliphatic rings. The number of rotatable bonds is 0. The number of fused-ring (bicyclic) bond motifs is 3. The minimum Gasteiger partial charge on any atom is -0.256 e. The van der Waals surface area contributed by atoms with E-state index in [1.807, 2.05) is 18.3 Å². The Morgan fingerprint density at radius 2 is 1.50 bits per heavy atom. The zero-order chi connectivity index (χ0) is 11.1. The molecule has 2 aromatic carbocycles. The van der Waals surface area contributed by atoms with Crippen molar-refractivity contribution in [2.24, 2.45) is 0 Å². The lowest BCUT2D eigenvalue weighted by atomic mass is 10.1. The molecule has 0 aliphatic heterocycles. The zero-order valence-corrected chi connectivity index (χ0v) is 11.4. The fraction of sp³-hybridized carbons (Fsp3) is 0. The van der Waals surface area contributed by atoms with Crippen LogP contribution in [-0.4, -0.2) is 4.98 Å². The smallest absolute Gasteiger partial charge is 0.0719 e. The topological polar surface area (TPSA) is 12.9 Å².